The van der Waals surface area contributed by atoms with E-state index in [0.717, 1.165) is 27.6 Å². The fraction of sp³-hybridized carbons (Fsp3) is 0.0417. The maximum Gasteiger partial charge on any atom is 0.232 e. The minimum Gasteiger partial charge on any atom is -0.452 e. The van der Waals surface area contributed by atoms with E-state index < -0.39 is 0 Å². The Kier molecular flexibility index (Phi) is 3.59. The van der Waals surface area contributed by atoms with Gasteiger partial charge in [-0.3, -0.25) is 4.79 Å². The van der Waals surface area contributed by atoms with Crippen molar-refractivity contribution in [1.82, 2.24) is 4.57 Å². The van der Waals surface area contributed by atoms with Crippen molar-refractivity contribution < 1.29 is 9.53 Å². The van der Waals surface area contributed by atoms with Crippen molar-refractivity contribution in [2.45, 2.75) is 0 Å². The smallest absolute Gasteiger partial charge is 0.232 e. The van der Waals surface area contributed by atoms with Crippen LogP contribution in [0.3, 0.4) is 0 Å². The van der Waals surface area contributed by atoms with Crippen LogP contribution in [0.15, 0.2) is 78.7 Å². The summed E-state index contributed by atoms with van der Waals surface area (Å²) >= 11 is 0. The van der Waals surface area contributed by atoms with Gasteiger partial charge in [-0.25, -0.2) is 0 Å². The summed E-state index contributed by atoms with van der Waals surface area (Å²) in [4.78, 5) is 12.8. The monoisotopic (exact) mass is 366 g/mol. The first-order valence-corrected chi connectivity index (χ1v) is 9.09. The van der Waals surface area contributed by atoms with Crippen molar-refractivity contribution in [1.29, 1.82) is 0 Å². The predicted octanol–water partition coefficient (Wildman–Crippen LogP) is 5.04. The van der Waals surface area contributed by atoms with Crippen molar-refractivity contribution in [2.24, 2.45) is 7.05 Å². The number of ether oxygens (including phenoxy) is 1. The van der Waals surface area contributed by atoms with E-state index in [4.69, 9.17) is 10.5 Å². The topological polar surface area (TPSA) is 57.2 Å². The second-order valence-electron chi connectivity index (χ2n) is 6.96. The zero-order valence-electron chi connectivity index (χ0n) is 15.3. The number of anilines is 1. The van der Waals surface area contributed by atoms with Gasteiger partial charge in [-0.05, 0) is 41.5 Å². The fourth-order valence-electron chi connectivity index (χ4n) is 3.80. The number of nitrogen functional groups attached to an aromatic ring is 1. The molecule has 4 aromatic rings. The number of nitrogens with two attached hydrogens (primary N) is 1. The lowest BCUT2D eigenvalue weighted by atomic mass is 9.98. The molecule has 0 fully saturated rings. The third kappa shape index (κ3) is 2.50. The quantitative estimate of drug-likeness (QED) is 0.399. The molecule has 28 heavy (non-hydrogen) atoms. The molecule has 0 atom stereocenters. The van der Waals surface area contributed by atoms with E-state index in [9.17, 15) is 4.79 Å². The number of fused-ring (bicyclic) bond motifs is 2. The number of carbonyl (C=O) groups is 1. The van der Waals surface area contributed by atoms with Gasteiger partial charge in [0.15, 0.2) is 5.76 Å². The number of rotatable bonds is 2. The normalized spacial score (nSPS) is 14.5. The number of hydrogen-bond donors (Lipinski definition) is 1. The first kappa shape index (κ1) is 16.4. The molecule has 2 N–H and O–H groups in total. The highest BCUT2D eigenvalue weighted by molar-refractivity contribution is 6.16. The number of hydrogen-bond acceptors (Lipinski definition) is 3. The summed E-state index contributed by atoms with van der Waals surface area (Å²) in [5.74, 6) is 0.724. The van der Waals surface area contributed by atoms with Crippen molar-refractivity contribution in [3.63, 3.8) is 0 Å². The van der Waals surface area contributed by atoms with Crippen molar-refractivity contribution in [3.05, 3.63) is 89.8 Å². The number of ketones is 1. The Morgan fingerprint density at radius 3 is 2.61 bits per heavy atom. The second kappa shape index (κ2) is 6.13. The van der Waals surface area contributed by atoms with Crippen molar-refractivity contribution in [2.75, 3.05) is 5.73 Å². The van der Waals surface area contributed by atoms with Gasteiger partial charge in [-0.2, -0.15) is 0 Å². The van der Waals surface area contributed by atoms with Gasteiger partial charge in [-0.15, -0.1) is 0 Å². The van der Waals surface area contributed by atoms with Gasteiger partial charge in [0, 0.05) is 35.4 Å². The Hall–Kier alpha value is -3.79. The summed E-state index contributed by atoms with van der Waals surface area (Å²) in [6.07, 6.45) is 3.85. The van der Waals surface area contributed by atoms with Crippen LogP contribution < -0.4 is 10.5 Å². The van der Waals surface area contributed by atoms with Gasteiger partial charge in [0.2, 0.25) is 5.78 Å². The predicted molar refractivity (Wildman–Crippen MR) is 112 cm³/mol. The van der Waals surface area contributed by atoms with Crippen LogP contribution >= 0.6 is 0 Å². The average molecular weight is 366 g/mol. The number of aromatic nitrogens is 1. The van der Waals surface area contributed by atoms with E-state index in [2.05, 4.69) is 34.9 Å². The lowest BCUT2D eigenvalue weighted by Gasteiger charge is -2.06. The van der Waals surface area contributed by atoms with Gasteiger partial charge in [0.1, 0.15) is 5.75 Å². The minimum atomic E-state index is -0.142. The summed E-state index contributed by atoms with van der Waals surface area (Å²) in [5.41, 5.74) is 11.2. The Balaban J connectivity index is 1.69. The Labute approximate surface area is 162 Å². The molecule has 0 unspecified atom stereocenters. The first-order chi connectivity index (χ1) is 13.6. The highest BCUT2D eigenvalue weighted by Gasteiger charge is 2.28. The lowest BCUT2D eigenvalue weighted by molar-refractivity contribution is 0.101. The summed E-state index contributed by atoms with van der Waals surface area (Å²) in [6, 6.07) is 21.6. The Morgan fingerprint density at radius 1 is 0.964 bits per heavy atom. The molecule has 1 aliphatic heterocycles. The highest BCUT2D eigenvalue weighted by atomic mass is 16.5. The molecule has 2 heterocycles. The Morgan fingerprint density at radius 2 is 1.79 bits per heavy atom. The summed E-state index contributed by atoms with van der Waals surface area (Å²) in [5, 5.41) is 1.09. The Bertz CT molecular complexity index is 1270. The first-order valence-electron chi connectivity index (χ1n) is 9.09. The minimum absolute atomic E-state index is 0.142. The van der Waals surface area contributed by atoms with Gasteiger partial charge in [0.05, 0.1) is 5.56 Å². The molecule has 4 nitrogen and oxygen atoms in total. The zero-order chi connectivity index (χ0) is 19.3. The van der Waals surface area contributed by atoms with Crippen LogP contribution in [0.1, 0.15) is 15.9 Å². The molecule has 0 saturated heterocycles. The van der Waals surface area contributed by atoms with E-state index >= 15 is 0 Å². The van der Waals surface area contributed by atoms with E-state index in [1.165, 1.54) is 0 Å². The molecule has 4 heteroatoms. The van der Waals surface area contributed by atoms with Gasteiger partial charge in [-0.1, -0.05) is 42.5 Å². The molecule has 0 saturated carbocycles. The molecule has 136 valence electrons. The lowest BCUT2D eigenvalue weighted by Crippen LogP contribution is -1.98. The number of nitrogens with zero attached hydrogens (tertiary/aromatic N) is 1. The van der Waals surface area contributed by atoms with Crippen LogP contribution in [0, 0.1) is 0 Å². The summed E-state index contributed by atoms with van der Waals surface area (Å²) < 4.78 is 7.90. The molecular formula is C24H18N2O2. The van der Waals surface area contributed by atoms with Crippen LogP contribution in [-0.2, 0) is 7.05 Å². The van der Waals surface area contributed by atoms with Gasteiger partial charge < -0.3 is 15.0 Å². The largest absolute Gasteiger partial charge is 0.452 e. The van der Waals surface area contributed by atoms with Crippen LogP contribution in [0.5, 0.6) is 5.75 Å². The summed E-state index contributed by atoms with van der Waals surface area (Å²) in [7, 11) is 2.01. The zero-order valence-corrected chi connectivity index (χ0v) is 15.3. The summed E-state index contributed by atoms with van der Waals surface area (Å²) in [6.45, 7) is 0. The van der Waals surface area contributed by atoms with Gasteiger partial charge >= 0.3 is 0 Å². The van der Waals surface area contributed by atoms with E-state index in [1.807, 2.05) is 37.5 Å². The maximum atomic E-state index is 12.8. The van der Waals surface area contributed by atoms with Crippen LogP contribution in [0.25, 0.3) is 28.1 Å². The average Bonchev–Trinajstić information content (AvgIpc) is 3.20. The number of allylic oxidation sites excluding steroid dienone is 1. The number of carbonyl (C=O) groups excluding carboxylic acids is 1. The van der Waals surface area contributed by atoms with Crippen LogP contribution in [-0.4, -0.2) is 10.4 Å². The number of aryl methyl sites for hydroxylation is 1. The molecule has 1 aromatic heterocycles. The molecule has 0 amide bonds. The molecule has 3 aromatic carbocycles. The van der Waals surface area contributed by atoms with E-state index in [0.29, 0.717) is 22.8 Å². The molecule has 0 bridgehead atoms. The molecule has 0 radical (unpaired) electrons. The maximum absolute atomic E-state index is 12.8. The van der Waals surface area contributed by atoms with Crippen molar-refractivity contribution >= 4 is 28.4 Å². The highest BCUT2D eigenvalue weighted by Crippen LogP contribution is 2.36. The van der Waals surface area contributed by atoms with Crippen LogP contribution in [0.2, 0.25) is 0 Å². The third-order valence-electron chi connectivity index (χ3n) is 5.11. The third-order valence-corrected chi connectivity index (χ3v) is 5.11. The van der Waals surface area contributed by atoms with Crippen molar-refractivity contribution in [3.8, 4) is 16.9 Å². The second-order valence-corrected chi connectivity index (χ2v) is 6.96. The SMILES string of the molecule is Cn1cc(C=C2Oc3ccc(N)cc3C2=O)c2c(-c3ccccc3)cccc21. The molecular weight excluding hydrogens is 348 g/mol. The molecule has 1 aliphatic rings. The standard InChI is InChI=1S/C24H18N2O2/c1-26-14-16(12-22-24(27)19-13-17(25)10-11-21(19)28-22)23-18(8-5-9-20(23)26)15-6-3-2-4-7-15/h2-14H,25H2,1H3. The van der Waals surface area contributed by atoms with E-state index in [1.54, 1.807) is 18.2 Å². The molecule has 0 aliphatic carbocycles. The number of benzene rings is 3. The van der Waals surface area contributed by atoms with Crippen LogP contribution in [0.4, 0.5) is 5.69 Å². The number of Topliss-reactive ketones (excluding diaryl/α,β-unsaturated/α-hetero) is 1. The van der Waals surface area contributed by atoms with E-state index in [-0.39, 0.29) is 5.78 Å². The van der Waals surface area contributed by atoms with Gasteiger partial charge in [0.25, 0.3) is 0 Å². The molecule has 0 spiro atoms. The molecule has 5 rings (SSSR count). The fourth-order valence-corrected chi connectivity index (χ4v) is 3.80.